The Morgan fingerprint density at radius 2 is 2.00 bits per heavy atom. The lowest BCUT2D eigenvalue weighted by Gasteiger charge is -2.35. The van der Waals surface area contributed by atoms with Gasteiger partial charge in [0.15, 0.2) is 0 Å². The Hall–Kier alpha value is -2.48. The molecule has 0 bridgehead atoms. The average Bonchev–Trinajstić information content (AvgIpc) is 2.93. The van der Waals surface area contributed by atoms with Gasteiger partial charge in [0.05, 0.1) is 11.5 Å². The fourth-order valence-corrected chi connectivity index (χ4v) is 2.85. The molecule has 2 aromatic rings. The molecule has 8 nitrogen and oxygen atoms in total. The first-order valence-corrected chi connectivity index (χ1v) is 7.59. The van der Waals surface area contributed by atoms with E-state index < -0.39 is 4.92 Å². The number of pyridine rings is 1. The van der Waals surface area contributed by atoms with Crippen LogP contribution in [-0.4, -0.2) is 50.5 Å². The van der Waals surface area contributed by atoms with Gasteiger partial charge < -0.3 is 9.47 Å². The van der Waals surface area contributed by atoms with Crippen LogP contribution in [0, 0.1) is 17.0 Å². The summed E-state index contributed by atoms with van der Waals surface area (Å²) in [5.74, 6) is 1.90. The van der Waals surface area contributed by atoms with E-state index in [1.165, 1.54) is 6.20 Å². The summed E-state index contributed by atoms with van der Waals surface area (Å²) in [6, 6.07) is 1.59. The molecule has 0 amide bonds. The summed E-state index contributed by atoms with van der Waals surface area (Å²) < 4.78 is 2.04. The molecule has 0 N–H and O–H groups in total. The van der Waals surface area contributed by atoms with Crippen molar-refractivity contribution < 1.29 is 4.92 Å². The van der Waals surface area contributed by atoms with Gasteiger partial charge in [-0.3, -0.25) is 15.0 Å². The summed E-state index contributed by atoms with van der Waals surface area (Å²) >= 11 is 0. The van der Waals surface area contributed by atoms with Crippen LogP contribution in [0.5, 0.6) is 0 Å². The number of rotatable bonds is 4. The van der Waals surface area contributed by atoms with E-state index in [1.54, 1.807) is 6.07 Å². The van der Waals surface area contributed by atoms with Crippen molar-refractivity contribution >= 4 is 11.5 Å². The SMILES string of the molecule is Cc1cc([N+](=O)[O-])cnc1N1CCN(Cc2nccn2C)CC1. The lowest BCUT2D eigenvalue weighted by Crippen LogP contribution is -2.46. The molecule has 23 heavy (non-hydrogen) atoms. The van der Waals surface area contributed by atoms with E-state index in [-0.39, 0.29) is 5.69 Å². The van der Waals surface area contributed by atoms with Crippen molar-refractivity contribution in [2.75, 3.05) is 31.1 Å². The Morgan fingerprint density at radius 1 is 1.26 bits per heavy atom. The Morgan fingerprint density at radius 3 is 2.57 bits per heavy atom. The second-order valence-electron chi connectivity index (χ2n) is 5.81. The van der Waals surface area contributed by atoms with E-state index in [0.717, 1.165) is 49.9 Å². The first-order chi connectivity index (χ1) is 11.0. The standard InChI is InChI=1S/C15H20N6O2/c1-12-9-13(21(22)23)10-17-15(12)20-7-5-19(6-8-20)11-14-16-3-4-18(14)2/h3-4,9-10H,5-8,11H2,1-2H3. The quantitative estimate of drug-likeness (QED) is 0.626. The Balaban J connectivity index is 1.63. The maximum Gasteiger partial charge on any atom is 0.287 e. The molecule has 0 atom stereocenters. The highest BCUT2D eigenvalue weighted by Gasteiger charge is 2.21. The molecule has 1 aliphatic rings. The highest BCUT2D eigenvalue weighted by Crippen LogP contribution is 2.22. The van der Waals surface area contributed by atoms with E-state index in [1.807, 2.05) is 30.9 Å². The first kappa shape index (κ1) is 15.4. The van der Waals surface area contributed by atoms with Crippen molar-refractivity contribution in [1.82, 2.24) is 19.4 Å². The third kappa shape index (κ3) is 3.31. The van der Waals surface area contributed by atoms with E-state index in [0.29, 0.717) is 0 Å². The third-order valence-corrected chi connectivity index (χ3v) is 4.20. The fraction of sp³-hybridized carbons (Fsp3) is 0.467. The number of piperazine rings is 1. The Labute approximate surface area is 134 Å². The maximum atomic E-state index is 10.8. The fourth-order valence-electron chi connectivity index (χ4n) is 2.85. The van der Waals surface area contributed by atoms with Gasteiger partial charge in [-0.25, -0.2) is 9.97 Å². The zero-order chi connectivity index (χ0) is 16.4. The van der Waals surface area contributed by atoms with E-state index >= 15 is 0 Å². The number of anilines is 1. The number of nitrogens with zero attached hydrogens (tertiary/aromatic N) is 6. The molecular weight excluding hydrogens is 296 g/mol. The molecule has 0 spiro atoms. The smallest absolute Gasteiger partial charge is 0.287 e. The van der Waals surface area contributed by atoms with Gasteiger partial charge in [0, 0.05) is 51.7 Å². The molecule has 3 heterocycles. The molecule has 0 unspecified atom stereocenters. The molecule has 0 radical (unpaired) electrons. The highest BCUT2D eigenvalue weighted by molar-refractivity contribution is 5.50. The van der Waals surface area contributed by atoms with Gasteiger partial charge in [-0.05, 0) is 12.5 Å². The molecule has 8 heteroatoms. The van der Waals surface area contributed by atoms with Gasteiger partial charge in [-0.1, -0.05) is 0 Å². The zero-order valence-electron chi connectivity index (χ0n) is 13.3. The van der Waals surface area contributed by atoms with Gasteiger partial charge >= 0.3 is 0 Å². The molecule has 0 aliphatic carbocycles. The van der Waals surface area contributed by atoms with Crippen molar-refractivity contribution in [3.05, 3.63) is 46.2 Å². The topological polar surface area (TPSA) is 80.3 Å². The predicted octanol–water partition coefficient (Wildman–Crippen LogP) is 1.35. The number of imidazole rings is 1. The molecule has 2 aromatic heterocycles. The number of aromatic nitrogens is 3. The molecule has 1 aliphatic heterocycles. The van der Waals surface area contributed by atoms with Crippen molar-refractivity contribution in [2.45, 2.75) is 13.5 Å². The molecule has 0 aromatic carbocycles. The normalized spacial score (nSPS) is 15.8. The predicted molar refractivity (Wildman–Crippen MR) is 86.3 cm³/mol. The molecule has 122 valence electrons. The van der Waals surface area contributed by atoms with Crippen LogP contribution in [0.25, 0.3) is 0 Å². The van der Waals surface area contributed by atoms with Gasteiger partial charge in [-0.2, -0.15) is 0 Å². The number of aryl methyl sites for hydroxylation is 2. The highest BCUT2D eigenvalue weighted by atomic mass is 16.6. The van der Waals surface area contributed by atoms with Gasteiger partial charge in [0.1, 0.15) is 17.8 Å². The summed E-state index contributed by atoms with van der Waals surface area (Å²) in [6.07, 6.45) is 5.11. The lowest BCUT2D eigenvalue weighted by atomic mass is 10.2. The summed E-state index contributed by atoms with van der Waals surface area (Å²) in [6.45, 7) is 6.27. The second kappa shape index (κ2) is 6.33. The van der Waals surface area contributed by atoms with Crippen molar-refractivity contribution in [3.8, 4) is 0 Å². The summed E-state index contributed by atoms with van der Waals surface area (Å²) in [5.41, 5.74) is 0.886. The van der Waals surface area contributed by atoms with Crippen LogP contribution in [0.3, 0.4) is 0 Å². The summed E-state index contributed by atoms with van der Waals surface area (Å²) in [4.78, 5) is 23.6. The monoisotopic (exact) mass is 316 g/mol. The largest absolute Gasteiger partial charge is 0.354 e. The van der Waals surface area contributed by atoms with Gasteiger partial charge in [-0.15, -0.1) is 0 Å². The number of nitro groups is 1. The summed E-state index contributed by atoms with van der Waals surface area (Å²) in [7, 11) is 2.00. The first-order valence-electron chi connectivity index (χ1n) is 7.59. The van der Waals surface area contributed by atoms with Crippen LogP contribution in [0.15, 0.2) is 24.7 Å². The summed E-state index contributed by atoms with van der Waals surface area (Å²) in [5, 5.41) is 10.8. The molecule has 0 saturated carbocycles. The Kier molecular flexibility index (Phi) is 4.24. The zero-order valence-corrected chi connectivity index (χ0v) is 13.3. The number of hydrogen-bond acceptors (Lipinski definition) is 6. The van der Waals surface area contributed by atoms with Crippen LogP contribution in [0.4, 0.5) is 11.5 Å². The molecule has 3 rings (SSSR count). The van der Waals surface area contributed by atoms with E-state index in [4.69, 9.17) is 0 Å². The molecule has 1 fully saturated rings. The third-order valence-electron chi connectivity index (χ3n) is 4.20. The lowest BCUT2D eigenvalue weighted by molar-refractivity contribution is -0.385. The van der Waals surface area contributed by atoms with Crippen LogP contribution in [0.2, 0.25) is 0 Å². The van der Waals surface area contributed by atoms with Crippen LogP contribution in [0.1, 0.15) is 11.4 Å². The maximum absolute atomic E-state index is 10.8. The van der Waals surface area contributed by atoms with Crippen LogP contribution >= 0.6 is 0 Å². The average molecular weight is 316 g/mol. The van der Waals surface area contributed by atoms with E-state index in [9.17, 15) is 10.1 Å². The Bertz CT molecular complexity index is 706. The van der Waals surface area contributed by atoms with Crippen molar-refractivity contribution in [2.24, 2.45) is 7.05 Å². The van der Waals surface area contributed by atoms with E-state index in [2.05, 4.69) is 19.8 Å². The van der Waals surface area contributed by atoms with Gasteiger partial charge in [0.2, 0.25) is 0 Å². The number of hydrogen-bond donors (Lipinski definition) is 0. The van der Waals surface area contributed by atoms with Crippen LogP contribution < -0.4 is 4.90 Å². The molecule has 1 saturated heterocycles. The van der Waals surface area contributed by atoms with Crippen LogP contribution in [-0.2, 0) is 13.6 Å². The molecular formula is C15H20N6O2. The van der Waals surface area contributed by atoms with Gasteiger partial charge in [0.25, 0.3) is 5.69 Å². The minimum absolute atomic E-state index is 0.0414. The van der Waals surface area contributed by atoms with Crippen molar-refractivity contribution in [3.63, 3.8) is 0 Å². The minimum atomic E-state index is -0.408. The van der Waals surface area contributed by atoms with Crippen molar-refractivity contribution in [1.29, 1.82) is 0 Å². The second-order valence-corrected chi connectivity index (χ2v) is 5.81. The minimum Gasteiger partial charge on any atom is -0.354 e.